The Balaban J connectivity index is 1.48. The molecule has 0 aromatic heterocycles. The van der Waals surface area contributed by atoms with E-state index < -0.39 is 0 Å². The molecule has 6 nitrogen and oxygen atoms in total. The largest absolute Gasteiger partial charge is 0.494 e. The normalized spacial score (nSPS) is 10.2. The van der Waals surface area contributed by atoms with Crippen LogP contribution < -0.4 is 20.7 Å². The van der Waals surface area contributed by atoms with Gasteiger partial charge in [0, 0.05) is 16.9 Å². The van der Waals surface area contributed by atoms with E-state index in [-0.39, 0.29) is 16.9 Å². The Kier molecular flexibility index (Phi) is 8.97. The summed E-state index contributed by atoms with van der Waals surface area (Å²) in [6.07, 6.45) is 2.31. The first-order valence-corrected chi connectivity index (χ1v) is 11.2. The molecule has 7 heteroatoms. The first-order chi connectivity index (χ1) is 16.0. The van der Waals surface area contributed by atoms with Crippen molar-refractivity contribution in [2.24, 2.45) is 0 Å². The fourth-order valence-corrected chi connectivity index (χ4v) is 3.23. The van der Waals surface area contributed by atoms with Crippen LogP contribution in [0.25, 0.3) is 0 Å². The van der Waals surface area contributed by atoms with Gasteiger partial charge in [0.25, 0.3) is 5.91 Å². The highest BCUT2D eigenvalue weighted by atomic mass is 32.1. The molecule has 3 aromatic carbocycles. The Labute approximate surface area is 199 Å². The molecule has 3 aromatic rings. The number of nitrogens with one attached hydrogen (secondary N) is 3. The summed E-state index contributed by atoms with van der Waals surface area (Å²) in [5.41, 5.74) is 2.78. The second-order valence-corrected chi connectivity index (χ2v) is 7.83. The topological polar surface area (TPSA) is 79.5 Å². The Morgan fingerprint density at radius 2 is 1.58 bits per heavy atom. The fourth-order valence-electron chi connectivity index (χ4n) is 3.02. The van der Waals surface area contributed by atoms with Crippen molar-refractivity contribution in [1.82, 2.24) is 5.32 Å². The molecule has 0 fully saturated rings. The number of anilines is 2. The summed E-state index contributed by atoms with van der Waals surface area (Å²) < 4.78 is 5.65. The highest BCUT2D eigenvalue weighted by Crippen LogP contribution is 2.16. The third-order valence-corrected chi connectivity index (χ3v) is 4.93. The number of carbonyl (C=O) groups excluding carboxylic acids is 2. The highest BCUT2D eigenvalue weighted by molar-refractivity contribution is 7.80. The third kappa shape index (κ3) is 8.05. The maximum Gasteiger partial charge on any atom is 0.257 e. The Hall–Kier alpha value is -3.71. The molecule has 0 aliphatic carbocycles. The summed E-state index contributed by atoms with van der Waals surface area (Å²) in [6, 6.07) is 23.6. The SMILES string of the molecule is CCCCOc1cccc(C(=O)NC(=S)Nc2ccc(NC(=O)Cc3ccccc3)cc2)c1. The van der Waals surface area contributed by atoms with E-state index in [1.165, 1.54) is 0 Å². The molecular formula is C26H27N3O3S. The second kappa shape index (κ2) is 12.4. The number of hydrogen-bond donors (Lipinski definition) is 3. The van der Waals surface area contributed by atoms with Gasteiger partial charge in [-0.3, -0.25) is 14.9 Å². The first-order valence-electron chi connectivity index (χ1n) is 10.8. The van der Waals surface area contributed by atoms with Crippen molar-refractivity contribution >= 4 is 40.5 Å². The van der Waals surface area contributed by atoms with Gasteiger partial charge in [0.05, 0.1) is 13.0 Å². The highest BCUT2D eigenvalue weighted by Gasteiger charge is 2.10. The quantitative estimate of drug-likeness (QED) is 0.303. The Bertz CT molecular complexity index is 1090. The molecule has 2 amide bonds. The molecule has 3 rings (SSSR count). The molecule has 33 heavy (non-hydrogen) atoms. The summed E-state index contributed by atoms with van der Waals surface area (Å²) in [5, 5.41) is 8.69. The molecule has 0 saturated heterocycles. The van der Waals surface area contributed by atoms with Gasteiger partial charge in [0.2, 0.25) is 5.91 Å². The van der Waals surface area contributed by atoms with Crippen molar-refractivity contribution in [2.75, 3.05) is 17.2 Å². The molecule has 170 valence electrons. The lowest BCUT2D eigenvalue weighted by molar-refractivity contribution is -0.115. The van der Waals surface area contributed by atoms with E-state index in [4.69, 9.17) is 17.0 Å². The molecule has 3 N–H and O–H groups in total. The standard InChI is InChI=1S/C26H27N3O3S/c1-2-3-16-32-23-11-7-10-20(18-23)25(31)29-26(33)28-22-14-12-21(13-15-22)27-24(30)17-19-8-5-4-6-9-19/h4-15,18H,2-3,16-17H2,1H3,(H,27,30)(H2,28,29,31,33). The van der Waals surface area contributed by atoms with Crippen LogP contribution in [0.1, 0.15) is 35.7 Å². The van der Waals surface area contributed by atoms with Crippen LogP contribution in [0.4, 0.5) is 11.4 Å². The monoisotopic (exact) mass is 461 g/mol. The zero-order valence-electron chi connectivity index (χ0n) is 18.5. The molecule has 0 spiro atoms. The zero-order chi connectivity index (χ0) is 23.5. The zero-order valence-corrected chi connectivity index (χ0v) is 19.3. The summed E-state index contributed by atoms with van der Waals surface area (Å²) in [7, 11) is 0. The van der Waals surface area contributed by atoms with Crippen LogP contribution in [0.5, 0.6) is 5.75 Å². The second-order valence-electron chi connectivity index (χ2n) is 7.43. The third-order valence-electron chi connectivity index (χ3n) is 4.72. The molecule has 0 saturated carbocycles. The number of amides is 2. The smallest absolute Gasteiger partial charge is 0.257 e. The lowest BCUT2D eigenvalue weighted by atomic mass is 10.1. The van der Waals surface area contributed by atoms with Crippen LogP contribution in [0.3, 0.4) is 0 Å². The maximum absolute atomic E-state index is 12.5. The van der Waals surface area contributed by atoms with Crippen molar-refractivity contribution in [3.05, 3.63) is 90.0 Å². The lowest BCUT2D eigenvalue weighted by Crippen LogP contribution is -2.34. The van der Waals surface area contributed by atoms with Gasteiger partial charge in [-0.05, 0) is 66.7 Å². The summed E-state index contributed by atoms with van der Waals surface area (Å²) >= 11 is 5.26. The molecule has 0 bridgehead atoms. The Morgan fingerprint density at radius 1 is 0.879 bits per heavy atom. The first kappa shape index (κ1) is 23.9. The van der Waals surface area contributed by atoms with E-state index in [9.17, 15) is 9.59 Å². The molecule has 0 heterocycles. The minimum Gasteiger partial charge on any atom is -0.494 e. The van der Waals surface area contributed by atoms with Crippen LogP contribution in [-0.2, 0) is 11.2 Å². The van der Waals surface area contributed by atoms with Crippen LogP contribution in [0, 0.1) is 0 Å². The maximum atomic E-state index is 12.5. The predicted octanol–water partition coefficient (Wildman–Crippen LogP) is 5.17. The average Bonchev–Trinajstić information content (AvgIpc) is 2.81. The summed E-state index contributed by atoms with van der Waals surface area (Å²) in [6.45, 7) is 2.71. The van der Waals surface area contributed by atoms with Gasteiger partial charge in [-0.25, -0.2) is 0 Å². The van der Waals surface area contributed by atoms with Gasteiger partial charge in [0.1, 0.15) is 5.75 Å². The van der Waals surface area contributed by atoms with Crippen molar-refractivity contribution in [3.8, 4) is 5.75 Å². The number of unbranched alkanes of at least 4 members (excludes halogenated alkanes) is 1. The molecule has 0 aliphatic rings. The van der Waals surface area contributed by atoms with Crippen LogP contribution >= 0.6 is 12.2 Å². The number of rotatable bonds is 9. The van der Waals surface area contributed by atoms with Crippen molar-refractivity contribution in [2.45, 2.75) is 26.2 Å². The molecular weight excluding hydrogens is 434 g/mol. The van der Waals surface area contributed by atoms with Gasteiger partial charge >= 0.3 is 0 Å². The van der Waals surface area contributed by atoms with Crippen molar-refractivity contribution < 1.29 is 14.3 Å². The molecule has 0 aliphatic heterocycles. The van der Waals surface area contributed by atoms with E-state index in [0.29, 0.717) is 35.7 Å². The van der Waals surface area contributed by atoms with Gasteiger partial charge in [-0.2, -0.15) is 0 Å². The van der Waals surface area contributed by atoms with Crippen LogP contribution in [0.2, 0.25) is 0 Å². The van der Waals surface area contributed by atoms with E-state index >= 15 is 0 Å². The van der Waals surface area contributed by atoms with Crippen molar-refractivity contribution in [3.63, 3.8) is 0 Å². The minimum absolute atomic E-state index is 0.0920. The van der Waals surface area contributed by atoms with E-state index in [2.05, 4.69) is 22.9 Å². The Morgan fingerprint density at radius 3 is 2.27 bits per heavy atom. The van der Waals surface area contributed by atoms with Gasteiger partial charge in [0.15, 0.2) is 5.11 Å². The molecule has 0 atom stereocenters. The van der Waals surface area contributed by atoms with E-state index in [1.54, 1.807) is 42.5 Å². The van der Waals surface area contributed by atoms with Gasteiger partial charge < -0.3 is 15.4 Å². The number of thiocarbonyl (C=S) groups is 1. The van der Waals surface area contributed by atoms with E-state index in [1.807, 2.05) is 36.4 Å². The minimum atomic E-state index is -0.321. The number of ether oxygens (including phenoxy) is 1. The van der Waals surface area contributed by atoms with Gasteiger partial charge in [-0.1, -0.05) is 49.7 Å². The number of carbonyl (C=O) groups is 2. The average molecular weight is 462 g/mol. The molecule has 0 unspecified atom stereocenters. The van der Waals surface area contributed by atoms with E-state index in [0.717, 1.165) is 18.4 Å². The van der Waals surface area contributed by atoms with Crippen molar-refractivity contribution in [1.29, 1.82) is 0 Å². The predicted molar refractivity (Wildman–Crippen MR) is 136 cm³/mol. The fraction of sp³-hybridized carbons (Fsp3) is 0.192. The lowest BCUT2D eigenvalue weighted by Gasteiger charge is -2.11. The summed E-state index contributed by atoms with van der Waals surface area (Å²) in [4.78, 5) is 24.7. The molecule has 0 radical (unpaired) electrons. The van der Waals surface area contributed by atoms with Crippen LogP contribution in [-0.4, -0.2) is 23.5 Å². The van der Waals surface area contributed by atoms with Crippen LogP contribution in [0.15, 0.2) is 78.9 Å². The summed E-state index contributed by atoms with van der Waals surface area (Å²) in [5.74, 6) is 0.240. The number of benzene rings is 3. The van der Waals surface area contributed by atoms with Gasteiger partial charge in [-0.15, -0.1) is 0 Å². The number of hydrogen-bond acceptors (Lipinski definition) is 4.